The SMILES string of the molecule is C=C(C)C(=O)OCCOC(=O)c1ccccc1C(=O)CCC(O)Cn1c(=O)n(CC(O)COC(=O)c2ccccc2C(=O)OCCOC(=O)C(=C)C)c(=O)n(CC(O)COC(=O)c2ccccc2C(=O)OCCOC(=O)C(=C)C)c1=O. The van der Waals surface area contributed by atoms with Crippen LogP contribution in [0.25, 0.3) is 0 Å². The molecule has 432 valence electrons. The number of esters is 8. The fourth-order valence-corrected chi connectivity index (χ4v) is 6.90. The summed E-state index contributed by atoms with van der Waals surface area (Å²) in [5.74, 6) is -8.20. The highest BCUT2D eigenvalue weighted by molar-refractivity contribution is 6.06. The van der Waals surface area contributed by atoms with Crippen molar-refractivity contribution in [3.05, 3.63) is 174 Å². The lowest BCUT2D eigenvalue weighted by Crippen LogP contribution is -2.57. The number of aliphatic hydroxyl groups is 3. The summed E-state index contributed by atoms with van der Waals surface area (Å²) in [7, 11) is 0. The van der Waals surface area contributed by atoms with Gasteiger partial charge in [-0.3, -0.25) is 4.79 Å². The first-order valence-corrected chi connectivity index (χ1v) is 24.6. The highest BCUT2D eigenvalue weighted by Crippen LogP contribution is 2.17. The molecule has 1 aromatic heterocycles. The molecule has 4 rings (SSSR count). The highest BCUT2D eigenvalue weighted by atomic mass is 16.6. The number of hydrogen-bond donors (Lipinski definition) is 3. The van der Waals surface area contributed by atoms with E-state index in [4.69, 9.17) is 37.9 Å². The second-order valence-corrected chi connectivity index (χ2v) is 17.6. The minimum atomic E-state index is -1.91. The summed E-state index contributed by atoms with van der Waals surface area (Å²) in [5, 5.41) is 33.4. The molecule has 0 amide bonds. The van der Waals surface area contributed by atoms with E-state index in [1.54, 1.807) is 0 Å². The molecular formula is C55H59N3O23. The standard InChI is InChI=1S/C55H59N3O23/c1-32(2)45(63)74-21-24-77-48(66)39-14-8-7-13-38(39)44(62)20-19-35(59)27-56-53(71)57(28-36(60)30-80-51(69)42-17-11-9-15-40(42)49(67)78-25-22-75-46(64)33(3)4)55(73)58(54(56)72)29-37(61)31-81-52(70)43-18-12-10-16-41(43)50(68)79-26-23-76-47(65)34(5)6/h7-18,35-37,59-61H,1,3,5,19-31H2,2,4,6H3. The Morgan fingerprint density at radius 3 is 0.938 bits per heavy atom. The molecule has 0 saturated carbocycles. The summed E-state index contributed by atoms with van der Waals surface area (Å²) in [6, 6.07) is 15.9. The van der Waals surface area contributed by atoms with Gasteiger partial charge in [0.2, 0.25) is 0 Å². The molecule has 0 saturated heterocycles. The molecule has 81 heavy (non-hydrogen) atoms. The quantitative estimate of drug-likeness (QED) is 0.0211. The minimum absolute atomic E-state index is 0.105. The number of rotatable bonds is 31. The van der Waals surface area contributed by atoms with Crippen molar-refractivity contribution < 1.29 is 96.4 Å². The van der Waals surface area contributed by atoms with Crippen LogP contribution in [-0.4, -0.2) is 154 Å². The lowest BCUT2D eigenvalue weighted by atomic mass is 9.99. The van der Waals surface area contributed by atoms with Gasteiger partial charge in [-0.25, -0.2) is 66.4 Å². The molecule has 3 aromatic carbocycles. The van der Waals surface area contributed by atoms with Crippen molar-refractivity contribution in [1.82, 2.24) is 13.7 Å². The van der Waals surface area contributed by atoms with E-state index in [1.165, 1.54) is 93.6 Å². The Kier molecular flexibility index (Phi) is 24.7. The Hall–Kier alpha value is -9.40. The molecule has 0 spiro atoms. The van der Waals surface area contributed by atoms with Crippen LogP contribution < -0.4 is 17.1 Å². The van der Waals surface area contributed by atoms with E-state index in [9.17, 15) is 72.9 Å². The smallest absolute Gasteiger partial charge is 0.339 e. The number of carbonyl (C=O) groups is 9. The third-order valence-corrected chi connectivity index (χ3v) is 11.0. The molecule has 3 atom stereocenters. The van der Waals surface area contributed by atoms with Gasteiger partial charge in [0.05, 0.1) is 53.6 Å². The Balaban J connectivity index is 1.55. The van der Waals surface area contributed by atoms with E-state index in [2.05, 4.69) is 19.7 Å². The van der Waals surface area contributed by atoms with E-state index < -0.39 is 148 Å². The second-order valence-electron chi connectivity index (χ2n) is 17.6. The Morgan fingerprint density at radius 1 is 0.395 bits per heavy atom. The van der Waals surface area contributed by atoms with Crippen LogP contribution in [0.15, 0.2) is 124 Å². The first kappa shape index (κ1) is 64.1. The van der Waals surface area contributed by atoms with Crippen molar-refractivity contribution in [2.45, 2.75) is 71.6 Å². The lowest BCUT2D eigenvalue weighted by molar-refractivity contribution is -0.140. The molecule has 1 heterocycles. The number of Topliss-reactive ketones (excluding diaryl/α,β-unsaturated/α-hetero) is 1. The number of nitrogens with zero attached hydrogens (tertiary/aromatic N) is 3. The van der Waals surface area contributed by atoms with Gasteiger partial charge in [-0.15, -0.1) is 0 Å². The maximum atomic E-state index is 14.0. The van der Waals surface area contributed by atoms with E-state index in [-0.39, 0.29) is 76.5 Å². The molecule has 0 aliphatic carbocycles. The van der Waals surface area contributed by atoms with Crippen LogP contribution in [0.3, 0.4) is 0 Å². The third kappa shape index (κ3) is 19.2. The zero-order valence-corrected chi connectivity index (χ0v) is 44.3. The van der Waals surface area contributed by atoms with Crippen molar-refractivity contribution in [3.63, 3.8) is 0 Å². The van der Waals surface area contributed by atoms with Crippen molar-refractivity contribution in [1.29, 1.82) is 0 Å². The van der Waals surface area contributed by atoms with Gasteiger partial charge in [-0.05, 0) is 57.5 Å². The van der Waals surface area contributed by atoms with Crippen LogP contribution in [0.1, 0.15) is 95.8 Å². The number of aliphatic hydroxyl groups excluding tert-OH is 3. The average molecular weight is 1130 g/mol. The maximum absolute atomic E-state index is 14.0. The van der Waals surface area contributed by atoms with E-state index >= 15 is 0 Å². The molecule has 4 aromatic rings. The number of ether oxygens (including phenoxy) is 8. The summed E-state index contributed by atoms with van der Waals surface area (Å²) in [5.41, 5.74) is -5.55. The molecule has 0 aliphatic rings. The molecule has 0 radical (unpaired) electrons. The molecule has 26 nitrogen and oxygen atoms in total. The third-order valence-electron chi connectivity index (χ3n) is 11.0. The normalized spacial score (nSPS) is 11.8. The Bertz CT molecular complexity index is 2870. The summed E-state index contributed by atoms with van der Waals surface area (Å²) in [4.78, 5) is 155. The van der Waals surface area contributed by atoms with Crippen LogP contribution in [0.2, 0.25) is 0 Å². The molecule has 0 bridgehead atoms. The van der Waals surface area contributed by atoms with Gasteiger partial charge in [0.25, 0.3) is 0 Å². The van der Waals surface area contributed by atoms with Gasteiger partial charge in [-0.1, -0.05) is 62.2 Å². The van der Waals surface area contributed by atoms with Crippen molar-refractivity contribution >= 4 is 53.5 Å². The summed E-state index contributed by atoms with van der Waals surface area (Å²) in [6.45, 7) is 7.61. The lowest BCUT2D eigenvalue weighted by Gasteiger charge is -2.19. The fourth-order valence-electron chi connectivity index (χ4n) is 6.90. The minimum Gasteiger partial charge on any atom is -0.459 e. The van der Waals surface area contributed by atoms with Gasteiger partial charge in [0.15, 0.2) is 5.78 Å². The summed E-state index contributed by atoms with van der Waals surface area (Å²) < 4.78 is 41.4. The van der Waals surface area contributed by atoms with Crippen LogP contribution in [0.5, 0.6) is 0 Å². The van der Waals surface area contributed by atoms with Crippen molar-refractivity contribution in [2.75, 3.05) is 52.9 Å². The van der Waals surface area contributed by atoms with Crippen LogP contribution in [0, 0.1) is 0 Å². The molecular weight excluding hydrogens is 1070 g/mol. The van der Waals surface area contributed by atoms with Crippen LogP contribution in [-0.2, 0) is 71.9 Å². The second kappa shape index (κ2) is 31.3. The predicted molar refractivity (Wildman–Crippen MR) is 279 cm³/mol. The first-order chi connectivity index (χ1) is 38.4. The van der Waals surface area contributed by atoms with Crippen LogP contribution in [0.4, 0.5) is 0 Å². The average Bonchev–Trinajstić information content (AvgIpc) is 3.54. The molecule has 26 heteroatoms. The fraction of sp³-hybridized carbons (Fsp3) is 0.345. The largest absolute Gasteiger partial charge is 0.459 e. The van der Waals surface area contributed by atoms with Gasteiger partial charge in [-0.2, -0.15) is 0 Å². The van der Waals surface area contributed by atoms with Crippen molar-refractivity contribution in [3.8, 4) is 0 Å². The zero-order chi connectivity index (χ0) is 59.9. The predicted octanol–water partition coefficient (Wildman–Crippen LogP) is 1.46. The van der Waals surface area contributed by atoms with E-state index in [0.717, 1.165) is 0 Å². The van der Waals surface area contributed by atoms with Gasteiger partial charge >= 0.3 is 64.8 Å². The first-order valence-electron chi connectivity index (χ1n) is 24.6. The highest BCUT2D eigenvalue weighted by Gasteiger charge is 2.27. The monoisotopic (exact) mass is 1130 g/mol. The van der Waals surface area contributed by atoms with Gasteiger partial charge in [0, 0.05) is 28.7 Å². The summed E-state index contributed by atoms with van der Waals surface area (Å²) >= 11 is 0. The molecule has 3 unspecified atom stereocenters. The van der Waals surface area contributed by atoms with Gasteiger partial charge in [0.1, 0.15) is 65.1 Å². The van der Waals surface area contributed by atoms with Crippen molar-refractivity contribution in [2.24, 2.45) is 0 Å². The zero-order valence-electron chi connectivity index (χ0n) is 44.3. The number of carbonyl (C=O) groups excluding carboxylic acids is 9. The number of hydrogen-bond acceptors (Lipinski definition) is 23. The maximum Gasteiger partial charge on any atom is 0.339 e. The Labute approximate surface area is 460 Å². The number of benzene rings is 3. The van der Waals surface area contributed by atoms with E-state index in [0.29, 0.717) is 13.7 Å². The number of ketones is 1. The molecule has 0 fully saturated rings. The molecule has 3 N–H and O–H groups in total. The van der Waals surface area contributed by atoms with Gasteiger partial charge < -0.3 is 53.2 Å². The number of aromatic nitrogens is 3. The topological polar surface area (TPSA) is 354 Å². The summed E-state index contributed by atoms with van der Waals surface area (Å²) in [6.07, 6.45) is -6.49. The van der Waals surface area contributed by atoms with Crippen LogP contribution >= 0.6 is 0 Å². The Morgan fingerprint density at radius 2 is 0.642 bits per heavy atom. The van der Waals surface area contributed by atoms with E-state index in [1.807, 2.05) is 0 Å². The molecule has 0 aliphatic heterocycles.